The quantitative estimate of drug-likeness (QED) is 0.845. The molecule has 1 heterocycles. The average molecular weight is 352 g/mol. The summed E-state index contributed by atoms with van der Waals surface area (Å²) >= 11 is 3.56. The Morgan fingerprint density at radius 1 is 1.24 bits per heavy atom. The lowest BCUT2D eigenvalue weighted by Gasteiger charge is -2.13. The van der Waals surface area contributed by atoms with Crippen LogP contribution in [-0.4, -0.2) is 16.5 Å². The van der Waals surface area contributed by atoms with Gasteiger partial charge in [0.25, 0.3) is 0 Å². The van der Waals surface area contributed by atoms with E-state index in [1.54, 1.807) is 6.07 Å². The minimum absolute atomic E-state index is 0.242. The number of rotatable bonds is 5. The molecule has 0 saturated carbocycles. The zero-order valence-electron chi connectivity index (χ0n) is 12.5. The lowest BCUT2D eigenvalue weighted by atomic mass is 10.1. The number of benzene rings is 1. The van der Waals surface area contributed by atoms with E-state index in [4.69, 9.17) is 0 Å². The molecular weight excluding hydrogens is 333 g/mol. The van der Waals surface area contributed by atoms with Crippen molar-refractivity contribution >= 4 is 21.7 Å². The Kier molecular flexibility index (Phi) is 5.28. The van der Waals surface area contributed by atoms with Gasteiger partial charge in [-0.1, -0.05) is 13.8 Å². The van der Waals surface area contributed by atoms with E-state index in [-0.39, 0.29) is 5.82 Å². The maximum atomic E-state index is 13.3. The van der Waals surface area contributed by atoms with Gasteiger partial charge < -0.3 is 5.32 Å². The average Bonchev–Trinajstić information content (AvgIpc) is 2.46. The second kappa shape index (κ2) is 6.98. The van der Waals surface area contributed by atoms with Crippen molar-refractivity contribution in [2.75, 3.05) is 11.9 Å². The SMILES string of the molecule is CCCNc1nc(-c2ccc(F)cc2C)nc(CC)c1Br. The van der Waals surface area contributed by atoms with Gasteiger partial charge in [0.05, 0.1) is 10.2 Å². The molecule has 0 aliphatic carbocycles. The van der Waals surface area contributed by atoms with Gasteiger partial charge in [-0.25, -0.2) is 14.4 Å². The van der Waals surface area contributed by atoms with Crippen molar-refractivity contribution < 1.29 is 4.39 Å². The Hall–Kier alpha value is -1.49. The molecule has 112 valence electrons. The van der Waals surface area contributed by atoms with Crippen LogP contribution >= 0.6 is 15.9 Å². The lowest BCUT2D eigenvalue weighted by Crippen LogP contribution is -2.07. The fraction of sp³-hybridized carbons (Fsp3) is 0.375. The Labute approximate surface area is 133 Å². The highest BCUT2D eigenvalue weighted by Gasteiger charge is 2.13. The van der Waals surface area contributed by atoms with Crippen LogP contribution in [0.2, 0.25) is 0 Å². The lowest BCUT2D eigenvalue weighted by molar-refractivity contribution is 0.627. The van der Waals surface area contributed by atoms with Gasteiger partial charge >= 0.3 is 0 Å². The summed E-state index contributed by atoms with van der Waals surface area (Å²) in [7, 11) is 0. The topological polar surface area (TPSA) is 37.8 Å². The maximum absolute atomic E-state index is 13.3. The van der Waals surface area contributed by atoms with Crippen molar-refractivity contribution in [1.82, 2.24) is 9.97 Å². The van der Waals surface area contributed by atoms with Crippen molar-refractivity contribution in [2.45, 2.75) is 33.6 Å². The number of hydrogen-bond donors (Lipinski definition) is 1. The number of aryl methyl sites for hydroxylation is 2. The van der Waals surface area contributed by atoms with Crippen LogP contribution < -0.4 is 5.32 Å². The molecule has 3 nitrogen and oxygen atoms in total. The largest absolute Gasteiger partial charge is 0.369 e. The van der Waals surface area contributed by atoms with Gasteiger partial charge in [0.2, 0.25) is 0 Å². The minimum Gasteiger partial charge on any atom is -0.369 e. The number of anilines is 1. The maximum Gasteiger partial charge on any atom is 0.162 e. The van der Waals surface area contributed by atoms with E-state index in [0.29, 0.717) is 5.82 Å². The molecule has 0 spiro atoms. The van der Waals surface area contributed by atoms with Gasteiger partial charge in [-0.05, 0) is 59.5 Å². The van der Waals surface area contributed by atoms with Crippen LogP contribution in [0.3, 0.4) is 0 Å². The normalized spacial score (nSPS) is 10.7. The van der Waals surface area contributed by atoms with Gasteiger partial charge in [0, 0.05) is 12.1 Å². The first-order valence-corrected chi connectivity index (χ1v) is 7.92. The summed E-state index contributed by atoms with van der Waals surface area (Å²) in [4.78, 5) is 9.19. The molecule has 1 N–H and O–H groups in total. The monoisotopic (exact) mass is 351 g/mol. The number of aromatic nitrogens is 2. The molecule has 0 unspecified atom stereocenters. The van der Waals surface area contributed by atoms with Crippen LogP contribution in [0.5, 0.6) is 0 Å². The Bertz CT molecular complexity index is 644. The molecule has 0 aliphatic rings. The zero-order valence-corrected chi connectivity index (χ0v) is 14.1. The summed E-state index contributed by atoms with van der Waals surface area (Å²) in [6, 6.07) is 4.68. The van der Waals surface area contributed by atoms with E-state index >= 15 is 0 Å². The molecule has 0 amide bonds. The molecule has 0 atom stereocenters. The molecule has 5 heteroatoms. The molecule has 2 aromatic rings. The summed E-state index contributed by atoms with van der Waals surface area (Å²) in [6.45, 7) is 6.88. The van der Waals surface area contributed by atoms with Crippen LogP contribution in [0.15, 0.2) is 22.7 Å². The van der Waals surface area contributed by atoms with Crippen LogP contribution in [0, 0.1) is 12.7 Å². The Morgan fingerprint density at radius 2 is 2.00 bits per heavy atom. The highest BCUT2D eigenvalue weighted by molar-refractivity contribution is 9.10. The predicted molar refractivity (Wildman–Crippen MR) is 88.0 cm³/mol. The van der Waals surface area contributed by atoms with Crippen LogP contribution in [0.25, 0.3) is 11.4 Å². The summed E-state index contributed by atoms with van der Waals surface area (Å²) in [6.07, 6.45) is 1.82. The standard InChI is InChI=1S/C16H19BrFN3/c1-4-8-19-16-14(17)13(5-2)20-15(21-16)12-7-6-11(18)9-10(12)3/h6-7,9H,4-5,8H2,1-3H3,(H,19,20,21). The third-order valence-electron chi connectivity index (χ3n) is 3.23. The molecule has 1 aromatic heterocycles. The van der Waals surface area contributed by atoms with Gasteiger partial charge in [0.15, 0.2) is 5.82 Å². The Balaban J connectivity index is 2.52. The summed E-state index contributed by atoms with van der Waals surface area (Å²) in [5, 5.41) is 3.31. The first-order valence-electron chi connectivity index (χ1n) is 7.13. The van der Waals surface area contributed by atoms with Crippen LogP contribution in [0.4, 0.5) is 10.2 Å². The summed E-state index contributed by atoms with van der Waals surface area (Å²) in [5.41, 5.74) is 2.64. The van der Waals surface area contributed by atoms with Crippen LogP contribution in [0.1, 0.15) is 31.5 Å². The fourth-order valence-corrected chi connectivity index (χ4v) is 2.68. The van der Waals surface area contributed by atoms with E-state index in [1.807, 2.05) is 6.92 Å². The molecule has 2 rings (SSSR count). The second-order valence-corrected chi connectivity index (χ2v) is 5.69. The second-order valence-electron chi connectivity index (χ2n) is 4.90. The first-order chi connectivity index (χ1) is 10.1. The van der Waals surface area contributed by atoms with Crippen molar-refractivity contribution in [3.05, 3.63) is 39.7 Å². The van der Waals surface area contributed by atoms with E-state index < -0.39 is 0 Å². The van der Waals surface area contributed by atoms with E-state index in [2.05, 4.69) is 45.1 Å². The molecule has 21 heavy (non-hydrogen) atoms. The first kappa shape index (κ1) is 15.9. The van der Waals surface area contributed by atoms with Gasteiger partial charge in [-0.3, -0.25) is 0 Å². The minimum atomic E-state index is -0.242. The van der Waals surface area contributed by atoms with Gasteiger partial charge in [-0.2, -0.15) is 0 Å². The Morgan fingerprint density at radius 3 is 2.62 bits per heavy atom. The molecular formula is C16H19BrFN3. The molecule has 0 aliphatic heterocycles. The smallest absolute Gasteiger partial charge is 0.162 e. The molecule has 0 radical (unpaired) electrons. The molecule has 1 aromatic carbocycles. The van der Waals surface area contributed by atoms with Gasteiger partial charge in [-0.15, -0.1) is 0 Å². The summed E-state index contributed by atoms with van der Waals surface area (Å²) in [5.74, 6) is 1.18. The zero-order chi connectivity index (χ0) is 15.4. The van der Waals surface area contributed by atoms with E-state index in [1.165, 1.54) is 12.1 Å². The van der Waals surface area contributed by atoms with Crippen molar-refractivity contribution in [2.24, 2.45) is 0 Å². The predicted octanol–water partition coefficient (Wildman–Crippen LogP) is 4.74. The number of nitrogens with zero attached hydrogens (tertiary/aromatic N) is 2. The van der Waals surface area contributed by atoms with E-state index in [0.717, 1.165) is 46.5 Å². The summed E-state index contributed by atoms with van der Waals surface area (Å²) < 4.78 is 14.2. The van der Waals surface area contributed by atoms with Crippen molar-refractivity contribution in [3.8, 4) is 11.4 Å². The van der Waals surface area contributed by atoms with E-state index in [9.17, 15) is 4.39 Å². The number of hydrogen-bond acceptors (Lipinski definition) is 3. The number of nitrogens with one attached hydrogen (secondary N) is 1. The number of halogens is 2. The van der Waals surface area contributed by atoms with Crippen molar-refractivity contribution in [1.29, 1.82) is 0 Å². The molecule has 0 saturated heterocycles. The highest BCUT2D eigenvalue weighted by atomic mass is 79.9. The third-order valence-corrected chi connectivity index (χ3v) is 4.06. The van der Waals surface area contributed by atoms with Crippen molar-refractivity contribution in [3.63, 3.8) is 0 Å². The van der Waals surface area contributed by atoms with Crippen LogP contribution in [-0.2, 0) is 6.42 Å². The van der Waals surface area contributed by atoms with Gasteiger partial charge in [0.1, 0.15) is 11.6 Å². The highest BCUT2D eigenvalue weighted by Crippen LogP contribution is 2.29. The molecule has 0 fully saturated rings. The fourth-order valence-electron chi connectivity index (χ4n) is 2.09. The third kappa shape index (κ3) is 3.59. The molecule has 0 bridgehead atoms.